The van der Waals surface area contributed by atoms with E-state index in [1.165, 1.54) is 11.8 Å². The number of fused-ring (bicyclic) bond motifs is 1. The number of thioether (sulfide) groups is 1. The Balaban J connectivity index is 1.75. The lowest BCUT2D eigenvalue weighted by molar-refractivity contribution is -0.113. The molecular weight excluding hydrogens is 372 g/mol. The van der Waals surface area contributed by atoms with E-state index in [2.05, 4.69) is 18.3 Å². The SMILES string of the molecule is CCc1cc2cc(OC)ccc2nc1SCC(=O)Nc1cc(C)ccc1OC. The first kappa shape index (κ1) is 20.0. The summed E-state index contributed by atoms with van der Waals surface area (Å²) in [7, 11) is 3.25. The van der Waals surface area contributed by atoms with Gasteiger partial charge in [-0.2, -0.15) is 0 Å². The molecule has 2 aromatic carbocycles. The maximum atomic E-state index is 12.5. The number of anilines is 1. The summed E-state index contributed by atoms with van der Waals surface area (Å²) in [6.45, 7) is 4.07. The summed E-state index contributed by atoms with van der Waals surface area (Å²) in [6.07, 6.45) is 0.843. The van der Waals surface area contributed by atoms with Crippen molar-refractivity contribution in [3.63, 3.8) is 0 Å². The van der Waals surface area contributed by atoms with E-state index >= 15 is 0 Å². The first-order valence-electron chi connectivity index (χ1n) is 9.09. The summed E-state index contributed by atoms with van der Waals surface area (Å²) in [5, 5.41) is 4.85. The number of hydrogen-bond acceptors (Lipinski definition) is 5. The second kappa shape index (κ2) is 8.97. The van der Waals surface area contributed by atoms with E-state index in [0.717, 1.165) is 39.2 Å². The lowest BCUT2D eigenvalue weighted by Crippen LogP contribution is -2.15. The second-order valence-corrected chi connectivity index (χ2v) is 7.37. The van der Waals surface area contributed by atoms with Gasteiger partial charge in [0.2, 0.25) is 5.91 Å². The third kappa shape index (κ3) is 4.57. The summed E-state index contributed by atoms with van der Waals surface area (Å²) in [5.74, 6) is 1.64. The Morgan fingerprint density at radius 1 is 1.11 bits per heavy atom. The Hall–Kier alpha value is -2.73. The molecule has 1 N–H and O–H groups in total. The molecule has 1 heterocycles. The largest absolute Gasteiger partial charge is 0.497 e. The monoisotopic (exact) mass is 396 g/mol. The van der Waals surface area contributed by atoms with Crippen molar-refractivity contribution in [3.8, 4) is 11.5 Å². The van der Waals surface area contributed by atoms with Gasteiger partial charge in [-0.05, 0) is 60.9 Å². The lowest BCUT2D eigenvalue weighted by Gasteiger charge is -2.12. The van der Waals surface area contributed by atoms with Crippen LogP contribution in [0.15, 0.2) is 47.5 Å². The molecule has 3 rings (SSSR count). The Morgan fingerprint density at radius 2 is 1.93 bits per heavy atom. The van der Waals surface area contributed by atoms with E-state index in [9.17, 15) is 4.79 Å². The third-order valence-corrected chi connectivity index (χ3v) is 5.44. The number of rotatable bonds is 7. The summed E-state index contributed by atoms with van der Waals surface area (Å²) < 4.78 is 10.6. The van der Waals surface area contributed by atoms with Crippen molar-refractivity contribution < 1.29 is 14.3 Å². The first-order valence-corrected chi connectivity index (χ1v) is 10.1. The molecule has 0 aliphatic carbocycles. The van der Waals surface area contributed by atoms with Gasteiger partial charge in [-0.25, -0.2) is 4.98 Å². The molecule has 5 nitrogen and oxygen atoms in total. The minimum atomic E-state index is -0.0902. The van der Waals surface area contributed by atoms with Crippen molar-refractivity contribution in [1.82, 2.24) is 4.98 Å². The smallest absolute Gasteiger partial charge is 0.234 e. The van der Waals surface area contributed by atoms with E-state index in [1.54, 1.807) is 14.2 Å². The van der Waals surface area contributed by atoms with Gasteiger partial charge in [0.1, 0.15) is 16.5 Å². The highest BCUT2D eigenvalue weighted by atomic mass is 32.2. The van der Waals surface area contributed by atoms with Crippen LogP contribution in [0.3, 0.4) is 0 Å². The number of nitrogens with zero attached hydrogens (tertiary/aromatic N) is 1. The number of amides is 1. The van der Waals surface area contributed by atoms with Gasteiger partial charge >= 0.3 is 0 Å². The van der Waals surface area contributed by atoms with Crippen LogP contribution in [-0.4, -0.2) is 30.9 Å². The second-order valence-electron chi connectivity index (χ2n) is 6.41. The quantitative estimate of drug-likeness (QED) is 0.578. The number of aromatic nitrogens is 1. The van der Waals surface area contributed by atoms with Crippen LogP contribution in [0.4, 0.5) is 5.69 Å². The van der Waals surface area contributed by atoms with Gasteiger partial charge in [-0.3, -0.25) is 4.79 Å². The minimum Gasteiger partial charge on any atom is -0.497 e. The minimum absolute atomic E-state index is 0.0902. The fourth-order valence-electron chi connectivity index (χ4n) is 2.93. The van der Waals surface area contributed by atoms with Crippen LogP contribution in [0.1, 0.15) is 18.1 Å². The molecule has 3 aromatic rings. The topological polar surface area (TPSA) is 60.5 Å². The molecule has 0 aliphatic rings. The highest BCUT2D eigenvalue weighted by molar-refractivity contribution is 8.00. The maximum absolute atomic E-state index is 12.5. The number of carbonyl (C=O) groups is 1. The predicted molar refractivity (Wildman–Crippen MR) is 115 cm³/mol. The van der Waals surface area contributed by atoms with Crippen LogP contribution >= 0.6 is 11.8 Å². The highest BCUT2D eigenvalue weighted by Gasteiger charge is 2.12. The number of methoxy groups -OCH3 is 2. The van der Waals surface area contributed by atoms with Gasteiger partial charge in [0, 0.05) is 5.39 Å². The number of nitrogens with one attached hydrogen (secondary N) is 1. The summed E-state index contributed by atoms with van der Waals surface area (Å²) >= 11 is 1.45. The number of benzene rings is 2. The van der Waals surface area contributed by atoms with Crippen LogP contribution < -0.4 is 14.8 Å². The summed E-state index contributed by atoms with van der Waals surface area (Å²) in [6, 6.07) is 13.6. The number of hydrogen-bond donors (Lipinski definition) is 1. The Morgan fingerprint density at radius 3 is 2.64 bits per heavy atom. The van der Waals surface area contributed by atoms with Crippen molar-refractivity contribution in [1.29, 1.82) is 0 Å². The number of carbonyl (C=O) groups excluding carboxylic acids is 1. The standard InChI is InChI=1S/C22H24N2O3S/c1-5-15-11-16-12-17(26-3)7-8-18(16)24-22(15)28-13-21(25)23-19-10-14(2)6-9-20(19)27-4/h6-12H,5,13H2,1-4H3,(H,23,25). The molecule has 0 aliphatic heterocycles. The molecule has 0 spiro atoms. The molecule has 0 radical (unpaired) electrons. The summed E-state index contributed by atoms with van der Waals surface area (Å²) in [4.78, 5) is 17.2. The van der Waals surface area contributed by atoms with Gasteiger partial charge in [-0.1, -0.05) is 24.8 Å². The van der Waals surface area contributed by atoms with E-state index in [4.69, 9.17) is 14.5 Å². The predicted octanol–water partition coefficient (Wildman–Crippen LogP) is 4.85. The zero-order valence-corrected chi connectivity index (χ0v) is 17.4. The highest BCUT2D eigenvalue weighted by Crippen LogP contribution is 2.29. The molecule has 0 fully saturated rings. The van der Waals surface area contributed by atoms with Crippen molar-refractivity contribution in [2.75, 3.05) is 25.3 Å². The molecule has 0 saturated heterocycles. The van der Waals surface area contributed by atoms with Crippen LogP contribution in [0.5, 0.6) is 11.5 Å². The molecule has 0 saturated carbocycles. The van der Waals surface area contributed by atoms with Crippen LogP contribution in [0.2, 0.25) is 0 Å². The molecule has 1 amide bonds. The van der Waals surface area contributed by atoms with Crippen LogP contribution in [0, 0.1) is 6.92 Å². The molecular formula is C22H24N2O3S. The molecule has 28 heavy (non-hydrogen) atoms. The molecule has 6 heteroatoms. The fraction of sp³-hybridized carbons (Fsp3) is 0.273. The van der Waals surface area contributed by atoms with Crippen molar-refractivity contribution >= 4 is 34.3 Å². The zero-order chi connectivity index (χ0) is 20.1. The third-order valence-electron chi connectivity index (χ3n) is 4.41. The van der Waals surface area contributed by atoms with E-state index < -0.39 is 0 Å². The zero-order valence-electron chi connectivity index (χ0n) is 16.5. The molecule has 1 aromatic heterocycles. The lowest BCUT2D eigenvalue weighted by atomic mass is 10.1. The average molecular weight is 397 g/mol. The summed E-state index contributed by atoms with van der Waals surface area (Å²) in [5.41, 5.74) is 3.75. The van der Waals surface area contributed by atoms with Gasteiger partial charge < -0.3 is 14.8 Å². The van der Waals surface area contributed by atoms with E-state index in [1.807, 2.05) is 43.3 Å². The number of aryl methyl sites for hydroxylation is 2. The van der Waals surface area contributed by atoms with E-state index in [-0.39, 0.29) is 11.7 Å². The molecule has 0 unspecified atom stereocenters. The Kier molecular flexibility index (Phi) is 6.41. The first-order chi connectivity index (χ1) is 13.5. The Bertz CT molecular complexity index is 1000. The van der Waals surface area contributed by atoms with Gasteiger partial charge in [-0.15, -0.1) is 0 Å². The fourth-order valence-corrected chi connectivity index (χ4v) is 3.82. The number of pyridine rings is 1. The van der Waals surface area contributed by atoms with Crippen LogP contribution in [-0.2, 0) is 11.2 Å². The maximum Gasteiger partial charge on any atom is 0.234 e. The molecule has 146 valence electrons. The molecule has 0 bridgehead atoms. The van der Waals surface area contributed by atoms with Crippen LogP contribution in [0.25, 0.3) is 10.9 Å². The van der Waals surface area contributed by atoms with Gasteiger partial charge in [0.15, 0.2) is 0 Å². The normalized spacial score (nSPS) is 10.7. The van der Waals surface area contributed by atoms with E-state index in [0.29, 0.717) is 11.4 Å². The van der Waals surface area contributed by atoms with Crippen molar-refractivity contribution in [3.05, 3.63) is 53.6 Å². The van der Waals surface area contributed by atoms with Crippen molar-refractivity contribution in [2.24, 2.45) is 0 Å². The van der Waals surface area contributed by atoms with Gasteiger partial charge in [0.25, 0.3) is 0 Å². The van der Waals surface area contributed by atoms with Gasteiger partial charge in [0.05, 0.1) is 31.2 Å². The Labute approximate surface area is 169 Å². The number of ether oxygens (including phenoxy) is 2. The molecule has 0 atom stereocenters. The van der Waals surface area contributed by atoms with Crippen molar-refractivity contribution in [2.45, 2.75) is 25.3 Å². The average Bonchev–Trinajstić information content (AvgIpc) is 2.71.